The van der Waals surface area contributed by atoms with Gasteiger partial charge in [-0.25, -0.2) is 0 Å². The van der Waals surface area contributed by atoms with Crippen molar-refractivity contribution in [2.24, 2.45) is 0 Å². The molecule has 4 aromatic rings. The molecule has 0 saturated heterocycles. The van der Waals surface area contributed by atoms with Gasteiger partial charge in [-0.2, -0.15) is 0 Å². The van der Waals surface area contributed by atoms with Crippen molar-refractivity contribution in [1.82, 2.24) is 9.80 Å². The number of carbonyl (C=O) groups is 1. The van der Waals surface area contributed by atoms with E-state index in [2.05, 4.69) is 135 Å². The summed E-state index contributed by atoms with van der Waals surface area (Å²) >= 11 is 0. The third-order valence-corrected chi connectivity index (χ3v) is 6.82. The Morgan fingerprint density at radius 1 is 0.512 bits per heavy atom. The third-order valence-electron chi connectivity index (χ3n) is 6.82. The number of likely N-dealkylation sites (N-methyl/N-ethyl adjacent to an activating group) is 2. The first-order valence-electron chi connectivity index (χ1n) is 14.1. The Labute approximate surface area is 247 Å². The molecule has 5 nitrogen and oxygen atoms in total. The number of rotatable bonds is 14. The molecule has 7 heteroatoms. The molecule has 0 aliphatic heterocycles. The van der Waals surface area contributed by atoms with E-state index >= 15 is 0 Å². The van der Waals surface area contributed by atoms with Crippen LogP contribution in [-0.2, 0) is 20.5 Å². The van der Waals surface area contributed by atoms with E-state index in [0.717, 1.165) is 19.5 Å². The lowest BCUT2D eigenvalue weighted by atomic mass is 9.55. The fourth-order valence-electron chi connectivity index (χ4n) is 4.59. The summed E-state index contributed by atoms with van der Waals surface area (Å²) in [6.07, 6.45) is 0.884. The van der Waals surface area contributed by atoms with Gasteiger partial charge in [0.1, 0.15) is 6.79 Å². The first kappa shape index (κ1) is 32.0. The van der Waals surface area contributed by atoms with E-state index in [1.165, 1.54) is 33.0 Å². The molecule has 0 atom stereocenters. The van der Waals surface area contributed by atoms with Gasteiger partial charge in [0, 0.05) is 26.3 Å². The smallest absolute Gasteiger partial charge is 0.361 e. The molecule has 41 heavy (non-hydrogen) atoms. The standard InChI is InChI=1S/C33H40B2N2O2.CH2O/c1-36(2)23-25-38-34(30-11-7-5-8-12-30)32-19-15-28(16-20-32)27-29-17-21-33(22-18-29)35(39-26-24-37(3)4)31-13-9-6-10-14-31;1-2/h5-22H,23-27H2,1-4H3;1H2. The molecule has 0 amide bonds. The van der Waals surface area contributed by atoms with E-state index < -0.39 is 0 Å². The zero-order valence-electron chi connectivity index (χ0n) is 24.9. The molecule has 4 rings (SSSR count). The maximum Gasteiger partial charge on any atom is 0.361 e. The molecule has 0 aromatic heterocycles. The fraction of sp³-hybridized carbons (Fsp3) is 0.265. The van der Waals surface area contributed by atoms with Crippen LogP contribution in [0.5, 0.6) is 0 Å². The molecule has 0 N–H and O–H groups in total. The minimum Gasteiger partial charge on any atom is -0.426 e. The molecule has 4 aromatic carbocycles. The number of benzene rings is 4. The van der Waals surface area contributed by atoms with Crippen molar-refractivity contribution in [2.75, 3.05) is 54.5 Å². The number of nitrogens with zero attached hydrogens (tertiary/aromatic N) is 2. The van der Waals surface area contributed by atoms with Crippen LogP contribution in [0.15, 0.2) is 109 Å². The summed E-state index contributed by atoms with van der Waals surface area (Å²) < 4.78 is 12.7. The third kappa shape index (κ3) is 10.5. The lowest BCUT2D eigenvalue weighted by Crippen LogP contribution is -2.46. The second-order valence-electron chi connectivity index (χ2n) is 10.6. The Kier molecular flexibility index (Phi) is 13.6. The normalized spacial score (nSPS) is 10.8. The fourth-order valence-corrected chi connectivity index (χ4v) is 4.59. The van der Waals surface area contributed by atoms with Gasteiger partial charge >= 0.3 is 13.8 Å². The summed E-state index contributed by atoms with van der Waals surface area (Å²) in [6.45, 7) is 5.02. The van der Waals surface area contributed by atoms with Crippen LogP contribution in [0, 0.1) is 0 Å². The predicted molar refractivity (Wildman–Crippen MR) is 175 cm³/mol. The molecule has 0 heterocycles. The summed E-state index contributed by atoms with van der Waals surface area (Å²) in [5, 5.41) is 0. The van der Waals surface area contributed by atoms with Crippen LogP contribution in [0.2, 0.25) is 0 Å². The highest BCUT2D eigenvalue weighted by molar-refractivity contribution is 6.80. The SMILES string of the molecule is C=O.CN(C)CCOB(c1ccccc1)c1ccc(Cc2ccc(B(OCCN(C)C)c3ccccc3)cc2)cc1. The van der Waals surface area contributed by atoms with Crippen molar-refractivity contribution in [3.63, 3.8) is 0 Å². The van der Waals surface area contributed by atoms with Crippen LogP contribution in [0.1, 0.15) is 11.1 Å². The maximum atomic E-state index is 8.00. The van der Waals surface area contributed by atoms with Crippen molar-refractivity contribution in [2.45, 2.75) is 6.42 Å². The number of hydrogen-bond acceptors (Lipinski definition) is 5. The zero-order chi connectivity index (χ0) is 29.5. The topological polar surface area (TPSA) is 42.0 Å². The van der Waals surface area contributed by atoms with Gasteiger partial charge in [-0.05, 0) is 67.6 Å². The van der Waals surface area contributed by atoms with Crippen molar-refractivity contribution in [1.29, 1.82) is 0 Å². The Bertz CT molecular complexity index is 1160. The highest BCUT2D eigenvalue weighted by Gasteiger charge is 2.22. The van der Waals surface area contributed by atoms with Gasteiger partial charge in [-0.15, -0.1) is 0 Å². The van der Waals surface area contributed by atoms with Gasteiger partial charge < -0.3 is 23.9 Å². The van der Waals surface area contributed by atoms with E-state index in [1.807, 2.05) is 18.9 Å². The summed E-state index contributed by atoms with van der Waals surface area (Å²) in [6, 6.07) is 38.7. The Balaban J connectivity index is 0.00000226. The molecule has 0 aliphatic carbocycles. The molecule has 0 saturated carbocycles. The average Bonchev–Trinajstić information content (AvgIpc) is 3.00. The molecule has 212 valence electrons. The Morgan fingerprint density at radius 2 is 0.829 bits per heavy atom. The van der Waals surface area contributed by atoms with Crippen LogP contribution < -0.4 is 21.9 Å². The molecule has 0 bridgehead atoms. The molecule has 0 spiro atoms. The van der Waals surface area contributed by atoms with Gasteiger partial charge in [-0.1, -0.05) is 109 Å². The Morgan fingerprint density at radius 3 is 1.15 bits per heavy atom. The van der Waals surface area contributed by atoms with E-state index in [-0.39, 0.29) is 13.8 Å². The van der Waals surface area contributed by atoms with Crippen LogP contribution in [0.25, 0.3) is 0 Å². The second kappa shape index (κ2) is 17.4. The van der Waals surface area contributed by atoms with E-state index in [1.54, 1.807) is 0 Å². The van der Waals surface area contributed by atoms with Gasteiger partial charge in [0.05, 0.1) is 0 Å². The van der Waals surface area contributed by atoms with Crippen molar-refractivity contribution >= 4 is 42.5 Å². The molecule has 0 fully saturated rings. The van der Waals surface area contributed by atoms with E-state index in [0.29, 0.717) is 13.2 Å². The summed E-state index contributed by atoms with van der Waals surface area (Å²) in [7, 11) is 8.29. The van der Waals surface area contributed by atoms with Crippen molar-refractivity contribution in [3.05, 3.63) is 120 Å². The summed E-state index contributed by atoms with van der Waals surface area (Å²) in [5.74, 6) is 0. The predicted octanol–water partition coefficient (Wildman–Crippen LogP) is 2.46. The molecule has 0 unspecified atom stereocenters. The highest BCUT2D eigenvalue weighted by atomic mass is 16.4. The summed E-state index contributed by atoms with van der Waals surface area (Å²) in [5.41, 5.74) is 7.29. The molecule has 0 aliphatic rings. The van der Waals surface area contributed by atoms with E-state index in [9.17, 15) is 0 Å². The monoisotopic (exact) mass is 548 g/mol. The minimum atomic E-state index is -0.0677. The lowest BCUT2D eigenvalue weighted by molar-refractivity contribution is -0.0980. The van der Waals surface area contributed by atoms with Crippen LogP contribution in [0.4, 0.5) is 0 Å². The van der Waals surface area contributed by atoms with Crippen LogP contribution in [-0.4, -0.2) is 84.9 Å². The van der Waals surface area contributed by atoms with Crippen molar-refractivity contribution < 1.29 is 14.1 Å². The quantitative estimate of drug-likeness (QED) is 0.227. The second-order valence-corrected chi connectivity index (χ2v) is 10.6. The minimum absolute atomic E-state index is 0.0677. The highest BCUT2D eigenvalue weighted by Crippen LogP contribution is 2.09. The van der Waals surface area contributed by atoms with Gasteiger partial charge in [-0.3, -0.25) is 0 Å². The van der Waals surface area contributed by atoms with Gasteiger partial charge in [0.15, 0.2) is 0 Å². The van der Waals surface area contributed by atoms with Crippen LogP contribution in [0.3, 0.4) is 0 Å². The Hall–Kier alpha value is -3.48. The first-order valence-corrected chi connectivity index (χ1v) is 14.1. The van der Waals surface area contributed by atoms with Crippen molar-refractivity contribution in [3.8, 4) is 0 Å². The molecular formula is C34H42B2N2O3. The largest absolute Gasteiger partial charge is 0.426 e. The zero-order valence-corrected chi connectivity index (χ0v) is 24.9. The number of carbonyl (C=O) groups excluding carboxylic acids is 1. The van der Waals surface area contributed by atoms with Gasteiger partial charge in [0.2, 0.25) is 0 Å². The molecule has 0 radical (unpaired) electrons. The van der Waals surface area contributed by atoms with Crippen LogP contribution >= 0.6 is 0 Å². The van der Waals surface area contributed by atoms with Gasteiger partial charge in [0.25, 0.3) is 0 Å². The molecular weight excluding hydrogens is 506 g/mol. The first-order chi connectivity index (χ1) is 20.0. The maximum absolute atomic E-state index is 8.00. The average molecular weight is 548 g/mol. The van der Waals surface area contributed by atoms with E-state index in [4.69, 9.17) is 14.1 Å². The lowest BCUT2D eigenvalue weighted by Gasteiger charge is -2.18. The summed E-state index contributed by atoms with van der Waals surface area (Å²) in [4.78, 5) is 12.3. The number of hydrogen-bond donors (Lipinski definition) is 0.